The van der Waals surface area contributed by atoms with Crippen molar-refractivity contribution in [1.29, 1.82) is 0 Å². The SMILES string of the molecule is COc1cc(C(c2ccc3ccccc3c2)N2CCCNCC2)cc(OC)c1OCc1ccccc1. The molecule has 1 heterocycles. The van der Waals surface area contributed by atoms with Crippen LogP contribution in [0.5, 0.6) is 17.2 Å². The molecule has 0 bridgehead atoms. The van der Waals surface area contributed by atoms with Gasteiger partial charge in [0.25, 0.3) is 0 Å². The molecule has 0 radical (unpaired) electrons. The minimum Gasteiger partial charge on any atom is -0.493 e. The molecule has 5 heteroatoms. The van der Waals surface area contributed by atoms with E-state index in [0.717, 1.165) is 43.7 Å². The zero-order chi connectivity index (χ0) is 24.7. The molecule has 1 aliphatic rings. The van der Waals surface area contributed by atoms with Crippen molar-refractivity contribution in [3.05, 3.63) is 102 Å². The molecule has 5 nitrogen and oxygen atoms in total. The highest BCUT2D eigenvalue weighted by Gasteiger charge is 2.26. The second-order valence-electron chi connectivity index (χ2n) is 9.18. The Hall–Kier alpha value is -3.54. The number of ether oxygens (including phenoxy) is 3. The Morgan fingerprint density at radius 3 is 2.22 bits per heavy atom. The molecule has 0 saturated carbocycles. The molecule has 36 heavy (non-hydrogen) atoms. The van der Waals surface area contributed by atoms with Crippen LogP contribution < -0.4 is 19.5 Å². The second kappa shape index (κ2) is 11.5. The van der Waals surface area contributed by atoms with E-state index >= 15 is 0 Å². The van der Waals surface area contributed by atoms with Crippen LogP contribution in [0, 0.1) is 0 Å². The predicted octanol–water partition coefficient (Wildman–Crippen LogP) is 5.82. The van der Waals surface area contributed by atoms with Crippen molar-refractivity contribution < 1.29 is 14.2 Å². The van der Waals surface area contributed by atoms with Crippen molar-refractivity contribution in [1.82, 2.24) is 10.2 Å². The van der Waals surface area contributed by atoms with E-state index in [0.29, 0.717) is 23.9 Å². The third-order valence-corrected chi connectivity index (χ3v) is 6.85. The lowest BCUT2D eigenvalue weighted by atomic mass is 9.94. The molecule has 0 aromatic heterocycles. The Morgan fingerprint density at radius 2 is 1.47 bits per heavy atom. The zero-order valence-corrected chi connectivity index (χ0v) is 21.1. The van der Waals surface area contributed by atoms with E-state index in [1.54, 1.807) is 14.2 Å². The van der Waals surface area contributed by atoms with Gasteiger partial charge in [0.2, 0.25) is 5.75 Å². The van der Waals surface area contributed by atoms with Crippen molar-refractivity contribution >= 4 is 10.8 Å². The number of nitrogens with zero attached hydrogens (tertiary/aromatic N) is 1. The molecule has 5 rings (SSSR count). The summed E-state index contributed by atoms with van der Waals surface area (Å²) >= 11 is 0. The Bertz CT molecular complexity index is 1260. The Balaban J connectivity index is 1.56. The summed E-state index contributed by atoms with van der Waals surface area (Å²) in [5, 5.41) is 6.03. The van der Waals surface area contributed by atoms with E-state index in [1.807, 2.05) is 18.2 Å². The van der Waals surface area contributed by atoms with Crippen molar-refractivity contribution in [3.63, 3.8) is 0 Å². The highest BCUT2D eigenvalue weighted by Crippen LogP contribution is 2.43. The first kappa shape index (κ1) is 24.2. The van der Waals surface area contributed by atoms with Gasteiger partial charge in [-0.05, 0) is 58.6 Å². The van der Waals surface area contributed by atoms with E-state index < -0.39 is 0 Å². The van der Waals surface area contributed by atoms with Gasteiger partial charge in [0.15, 0.2) is 11.5 Å². The molecule has 1 unspecified atom stereocenters. The Kier molecular flexibility index (Phi) is 7.70. The summed E-state index contributed by atoms with van der Waals surface area (Å²) in [4.78, 5) is 2.56. The molecule has 1 atom stereocenters. The molecule has 1 saturated heterocycles. The van der Waals surface area contributed by atoms with Gasteiger partial charge in [-0.25, -0.2) is 0 Å². The molecule has 4 aromatic carbocycles. The fourth-order valence-corrected chi connectivity index (χ4v) is 5.05. The van der Waals surface area contributed by atoms with Crippen LogP contribution >= 0.6 is 0 Å². The molecular formula is C31H34N2O3. The number of methoxy groups -OCH3 is 2. The van der Waals surface area contributed by atoms with Gasteiger partial charge >= 0.3 is 0 Å². The molecule has 0 aliphatic carbocycles. The van der Waals surface area contributed by atoms with Gasteiger partial charge < -0.3 is 19.5 Å². The normalized spacial score (nSPS) is 15.3. The molecule has 1 fully saturated rings. The summed E-state index contributed by atoms with van der Waals surface area (Å²) in [6.45, 7) is 4.44. The van der Waals surface area contributed by atoms with E-state index in [-0.39, 0.29) is 6.04 Å². The summed E-state index contributed by atoms with van der Waals surface area (Å²) in [5.74, 6) is 1.99. The predicted molar refractivity (Wildman–Crippen MR) is 145 cm³/mol. The number of hydrogen-bond acceptors (Lipinski definition) is 5. The van der Waals surface area contributed by atoms with E-state index in [2.05, 4.69) is 76.9 Å². The average molecular weight is 483 g/mol. The molecule has 186 valence electrons. The Labute approximate surface area is 213 Å². The number of hydrogen-bond donors (Lipinski definition) is 1. The van der Waals surface area contributed by atoms with Gasteiger partial charge in [0.1, 0.15) is 6.61 Å². The standard InChI is InChI=1S/C31H34N2O3/c1-34-28-20-27(21-29(35-2)31(28)36-22-23-9-4-3-5-10-23)30(33-17-8-15-32-16-18-33)26-14-13-24-11-6-7-12-25(24)19-26/h3-7,9-14,19-21,30,32H,8,15-18,22H2,1-2H3. The number of fused-ring (bicyclic) bond motifs is 1. The minimum absolute atomic E-state index is 0.0699. The smallest absolute Gasteiger partial charge is 0.203 e. The van der Waals surface area contributed by atoms with Crippen LogP contribution in [0.3, 0.4) is 0 Å². The average Bonchev–Trinajstić information content (AvgIpc) is 3.22. The van der Waals surface area contributed by atoms with E-state index in [1.165, 1.54) is 16.3 Å². The molecular weight excluding hydrogens is 448 g/mol. The lowest BCUT2D eigenvalue weighted by molar-refractivity contribution is 0.237. The van der Waals surface area contributed by atoms with Crippen LogP contribution in [-0.2, 0) is 6.61 Å². The first-order valence-electron chi connectivity index (χ1n) is 12.6. The third kappa shape index (κ3) is 5.32. The van der Waals surface area contributed by atoms with Crippen molar-refractivity contribution in [2.75, 3.05) is 40.4 Å². The fourth-order valence-electron chi connectivity index (χ4n) is 5.05. The van der Waals surface area contributed by atoms with E-state index in [4.69, 9.17) is 14.2 Å². The summed E-state index contributed by atoms with van der Waals surface area (Å²) in [6, 6.07) is 29.8. The van der Waals surface area contributed by atoms with Crippen molar-refractivity contribution in [2.45, 2.75) is 19.1 Å². The lowest BCUT2D eigenvalue weighted by Gasteiger charge is -2.32. The number of rotatable bonds is 8. The summed E-state index contributed by atoms with van der Waals surface area (Å²) in [7, 11) is 3.38. The maximum atomic E-state index is 6.23. The summed E-state index contributed by atoms with van der Waals surface area (Å²) < 4.78 is 17.9. The molecule has 0 amide bonds. The minimum atomic E-state index is 0.0699. The highest BCUT2D eigenvalue weighted by molar-refractivity contribution is 5.83. The zero-order valence-electron chi connectivity index (χ0n) is 21.1. The lowest BCUT2D eigenvalue weighted by Crippen LogP contribution is -2.33. The van der Waals surface area contributed by atoms with Crippen LogP contribution in [0.1, 0.15) is 29.2 Å². The number of nitrogens with one attached hydrogen (secondary N) is 1. The monoisotopic (exact) mass is 482 g/mol. The van der Waals surface area contributed by atoms with Crippen LogP contribution in [-0.4, -0.2) is 45.3 Å². The van der Waals surface area contributed by atoms with Gasteiger partial charge in [-0.1, -0.05) is 66.7 Å². The van der Waals surface area contributed by atoms with Crippen molar-refractivity contribution in [2.24, 2.45) is 0 Å². The first-order chi connectivity index (χ1) is 17.8. The van der Waals surface area contributed by atoms with Gasteiger partial charge in [0.05, 0.1) is 20.3 Å². The largest absolute Gasteiger partial charge is 0.493 e. The van der Waals surface area contributed by atoms with Gasteiger partial charge in [-0.2, -0.15) is 0 Å². The van der Waals surface area contributed by atoms with E-state index in [9.17, 15) is 0 Å². The molecule has 1 aliphatic heterocycles. The van der Waals surface area contributed by atoms with Crippen LogP contribution in [0.4, 0.5) is 0 Å². The first-order valence-corrected chi connectivity index (χ1v) is 12.6. The molecule has 1 N–H and O–H groups in total. The Morgan fingerprint density at radius 1 is 0.750 bits per heavy atom. The molecule has 4 aromatic rings. The number of benzene rings is 4. The second-order valence-corrected chi connectivity index (χ2v) is 9.18. The van der Waals surface area contributed by atoms with Gasteiger partial charge in [-0.15, -0.1) is 0 Å². The quantitative estimate of drug-likeness (QED) is 0.343. The highest BCUT2D eigenvalue weighted by atomic mass is 16.5. The topological polar surface area (TPSA) is 43.0 Å². The van der Waals surface area contributed by atoms with Crippen molar-refractivity contribution in [3.8, 4) is 17.2 Å². The third-order valence-electron chi connectivity index (χ3n) is 6.85. The van der Waals surface area contributed by atoms with Gasteiger partial charge in [-0.3, -0.25) is 4.90 Å². The fraction of sp³-hybridized carbons (Fsp3) is 0.290. The summed E-state index contributed by atoms with van der Waals surface area (Å²) in [5.41, 5.74) is 3.49. The maximum Gasteiger partial charge on any atom is 0.203 e. The summed E-state index contributed by atoms with van der Waals surface area (Å²) in [6.07, 6.45) is 1.11. The van der Waals surface area contributed by atoms with Crippen LogP contribution in [0.25, 0.3) is 10.8 Å². The van der Waals surface area contributed by atoms with Crippen LogP contribution in [0.15, 0.2) is 84.9 Å². The molecule has 0 spiro atoms. The van der Waals surface area contributed by atoms with Crippen LogP contribution in [0.2, 0.25) is 0 Å². The maximum absolute atomic E-state index is 6.23. The van der Waals surface area contributed by atoms with Gasteiger partial charge in [0, 0.05) is 19.6 Å².